The van der Waals surface area contributed by atoms with Crippen molar-refractivity contribution in [2.45, 2.75) is 155 Å². The minimum atomic E-state index is -2.40. The molecule has 2 aliphatic heterocycles. The molecule has 0 bridgehead atoms. The molecule has 0 saturated carbocycles. The van der Waals surface area contributed by atoms with E-state index in [-0.39, 0.29) is 31.6 Å². The molecule has 19 heteroatoms. The fourth-order valence-electron chi connectivity index (χ4n) is 6.92. The van der Waals surface area contributed by atoms with Crippen LogP contribution in [0.2, 0.25) is 0 Å². The molecule has 1 aromatic rings. The van der Waals surface area contributed by atoms with E-state index in [1.807, 2.05) is 50.3 Å². The van der Waals surface area contributed by atoms with E-state index >= 15 is 0 Å². The molecule has 0 N–H and O–H groups in total. The molecule has 15 nitrogen and oxygen atoms in total. The summed E-state index contributed by atoms with van der Waals surface area (Å²) in [6.45, 7) is 13.6. The van der Waals surface area contributed by atoms with Gasteiger partial charge in [0.25, 0.3) is 3.79 Å². The van der Waals surface area contributed by atoms with E-state index in [1.165, 1.54) is 7.11 Å². The minimum Gasteiger partial charge on any atom is -0.467 e. The third kappa shape index (κ3) is 13.7. The highest BCUT2D eigenvalue weighted by Crippen LogP contribution is 2.46. The second-order valence-electron chi connectivity index (χ2n) is 15.0. The van der Waals surface area contributed by atoms with Gasteiger partial charge in [-0.1, -0.05) is 121 Å². The van der Waals surface area contributed by atoms with Gasteiger partial charge in [-0.05, 0) is 64.1 Å². The van der Waals surface area contributed by atoms with Crippen LogP contribution in [0.25, 0.3) is 10.4 Å². The van der Waals surface area contributed by atoms with E-state index in [4.69, 9.17) is 77.4 Å². The molecule has 328 valence electrons. The quantitative estimate of drug-likeness (QED) is 0.0178. The number of hydrogen-bond acceptors (Lipinski definition) is 13. The summed E-state index contributed by atoms with van der Waals surface area (Å²) in [4.78, 5) is 43.5. The third-order valence-corrected chi connectivity index (χ3v) is 11.7. The van der Waals surface area contributed by atoms with Gasteiger partial charge in [0.15, 0.2) is 24.8 Å². The number of rotatable bonds is 20. The monoisotopic (exact) mass is 991 g/mol. The molecular weight excluding hydrogens is 936 g/mol. The van der Waals surface area contributed by atoms with Gasteiger partial charge in [-0.25, -0.2) is 14.4 Å². The molecule has 0 aliphatic carbocycles. The molecule has 2 aliphatic rings. The van der Waals surface area contributed by atoms with Crippen molar-refractivity contribution in [3.8, 4) is 0 Å². The van der Waals surface area contributed by atoms with Gasteiger partial charge >= 0.3 is 17.9 Å². The Morgan fingerprint density at radius 2 is 1.55 bits per heavy atom. The molecule has 2 heterocycles. The van der Waals surface area contributed by atoms with Crippen molar-refractivity contribution < 1.29 is 57.0 Å². The van der Waals surface area contributed by atoms with E-state index in [0.29, 0.717) is 13.0 Å². The summed E-state index contributed by atoms with van der Waals surface area (Å²) in [5, 5.41) is 4.16. The zero-order chi connectivity index (χ0) is 43.3. The molecule has 2 fully saturated rings. The molecular formula is C39H57Cl3IN3O12. The number of ether oxygens (including phenoxy) is 9. The summed E-state index contributed by atoms with van der Waals surface area (Å²) in [6, 6.07) is 7.13. The minimum absolute atomic E-state index is 0.0255. The normalized spacial score (nSPS) is 27.9. The van der Waals surface area contributed by atoms with Crippen LogP contribution < -0.4 is 0 Å². The number of alkyl halides is 4. The molecule has 3 rings (SSSR count). The van der Waals surface area contributed by atoms with Crippen LogP contribution in [0.1, 0.15) is 97.3 Å². The maximum Gasteiger partial charge on any atom is 0.359 e. The van der Waals surface area contributed by atoms with Gasteiger partial charge in [-0.2, -0.15) is 0 Å². The van der Waals surface area contributed by atoms with Crippen LogP contribution in [-0.4, -0.2) is 113 Å². The van der Waals surface area contributed by atoms with Crippen molar-refractivity contribution in [3.05, 3.63) is 46.3 Å². The molecule has 4 unspecified atom stereocenters. The molecule has 58 heavy (non-hydrogen) atoms. The lowest BCUT2D eigenvalue weighted by atomic mass is 9.72. The lowest BCUT2D eigenvalue weighted by Crippen LogP contribution is -2.67. The van der Waals surface area contributed by atoms with Crippen molar-refractivity contribution >= 4 is 75.3 Å². The Labute approximate surface area is 369 Å². The smallest absolute Gasteiger partial charge is 0.359 e. The van der Waals surface area contributed by atoms with E-state index in [2.05, 4.69) is 10.0 Å². The Morgan fingerprint density at radius 1 is 0.914 bits per heavy atom. The summed E-state index contributed by atoms with van der Waals surface area (Å²) in [7, 11) is 1.20. The largest absolute Gasteiger partial charge is 0.467 e. The number of nitrogens with zero attached hydrogens (tertiary/aromatic N) is 3. The van der Waals surface area contributed by atoms with Gasteiger partial charge in [0.2, 0.25) is 0 Å². The SMILES string of the molecule is CCCCOCC1O[C@H](O[C@H]2C(I)C(OC(=O)c3ccccc3)[C@H](OC(C)(C)C)O[C@H]2C(=O)OC)[C@@H](N=[N+]=[N-])C(OCCCC)[C@@H]1C(CC)(CC)OC(=O)C(Cl)(Cl)Cl. The lowest BCUT2D eigenvalue weighted by Gasteiger charge is -2.53. The second-order valence-corrected chi connectivity index (χ2v) is 18.7. The van der Waals surface area contributed by atoms with Gasteiger partial charge in [-0.15, -0.1) is 0 Å². The molecule has 1 aromatic carbocycles. The molecule has 2 saturated heterocycles. The Balaban J connectivity index is 2.20. The lowest BCUT2D eigenvalue weighted by molar-refractivity contribution is -0.330. The highest BCUT2D eigenvalue weighted by atomic mass is 127. The number of benzene rings is 1. The van der Waals surface area contributed by atoms with Crippen LogP contribution in [-0.2, 0) is 52.2 Å². The van der Waals surface area contributed by atoms with Crippen LogP contribution in [0.15, 0.2) is 35.4 Å². The average molecular weight is 993 g/mol. The van der Waals surface area contributed by atoms with Crippen LogP contribution in [0.3, 0.4) is 0 Å². The van der Waals surface area contributed by atoms with Crippen molar-refractivity contribution in [1.29, 1.82) is 0 Å². The maximum atomic E-state index is 13.5. The Kier molecular flexibility index (Phi) is 20.5. The number of carbonyl (C=O) groups excluding carboxylic acids is 3. The zero-order valence-corrected chi connectivity index (χ0v) is 38.7. The number of unbranched alkanes of at least 4 members (excludes halogenated alkanes) is 2. The molecule has 10 atom stereocenters. The van der Waals surface area contributed by atoms with Crippen molar-refractivity contribution in [2.24, 2.45) is 11.0 Å². The first-order valence-corrected chi connectivity index (χ1v) is 21.9. The van der Waals surface area contributed by atoms with E-state index in [1.54, 1.807) is 51.1 Å². The van der Waals surface area contributed by atoms with Crippen LogP contribution in [0.5, 0.6) is 0 Å². The summed E-state index contributed by atoms with van der Waals surface area (Å²) in [5.74, 6) is -3.42. The maximum absolute atomic E-state index is 13.5. The average Bonchev–Trinajstić information content (AvgIpc) is 3.18. The van der Waals surface area contributed by atoms with Crippen molar-refractivity contribution in [1.82, 2.24) is 0 Å². The summed E-state index contributed by atoms with van der Waals surface area (Å²) < 4.78 is 52.8. The summed E-state index contributed by atoms with van der Waals surface area (Å²) >= 11 is 20.1. The number of carbonyl (C=O) groups is 3. The Bertz CT molecular complexity index is 1510. The highest BCUT2D eigenvalue weighted by molar-refractivity contribution is 14.1. The van der Waals surface area contributed by atoms with Crippen LogP contribution in [0, 0.1) is 5.92 Å². The molecule has 0 aromatic heterocycles. The fraction of sp³-hybridized carbons (Fsp3) is 0.769. The van der Waals surface area contributed by atoms with Gasteiger partial charge in [0.1, 0.15) is 17.7 Å². The molecule has 0 radical (unpaired) electrons. The number of azide groups is 1. The van der Waals surface area contributed by atoms with Crippen molar-refractivity contribution in [2.75, 3.05) is 26.9 Å². The van der Waals surface area contributed by atoms with E-state index < -0.39 is 91.9 Å². The number of methoxy groups -OCH3 is 1. The first-order chi connectivity index (χ1) is 27.4. The van der Waals surface area contributed by atoms with Gasteiger partial charge < -0.3 is 42.6 Å². The molecule has 0 spiro atoms. The van der Waals surface area contributed by atoms with Gasteiger partial charge in [0, 0.05) is 18.1 Å². The number of hydrogen-bond donors (Lipinski definition) is 0. The van der Waals surface area contributed by atoms with Crippen LogP contribution >= 0.6 is 57.4 Å². The molecule has 0 amide bonds. The van der Waals surface area contributed by atoms with Gasteiger partial charge in [0.05, 0.1) is 46.9 Å². The van der Waals surface area contributed by atoms with Crippen LogP contribution in [0.4, 0.5) is 0 Å². The van der Waals surface area contributed by atoms with Crippen molar-refractivity contribution in [3.63, 3.8) is 0 Å². The number of esters is 3. The summed E-state index contributed by atoms with van der Waals surface area (Å²) in [5.41, 5.74) is 8.12. The third-order valence-electron chi connectivity index (χ3n) is 9.85. The predicted molar refractivity (Wildman–Crippen MR) is 225 cm³/mol. The summed E-state index contributed by atoms with van der Waals surface area (Å²) in [6.07, 6.45) is -4.97. The van der Waals surface area contributed by atoms with Gasteiger partial charge in [-0.3, -0.25) is 0 Å². The first-order valence-electron chi connectivity index (χ1n) is 19.6. The van der Waals surface area contributed by atoms with E-state index in [0.717, 1.165) is 19.3 Å². The topological polar surface area (TPSA) is 183 Å². The Morgan fingerprint density at radius 3 is 2.10 bits per heavy atom. The fourth-order valence-corrected chi connectivity index (χ4v) is 8.07. The number of halogens is 4. The van der Waals surface area contributed by atoms with E-state index in [9.17, 15) is 19.9 Å². The highest BCUT2D eigenvalue weighted by Gasteiger charge is 2.60. The predicted octanol–water partition coefficient (Wildman–Crippen LogP) is 8.61. The first kappa shape index (κ1) is 50.7. The zero-order valence-electron chi connectivity index (χ0n) is 34.3. The Hall–Kier alpha value is -1.70. The standard InChI is InChI=1S/C39H57Cl3IN3O12/c1-9-13-20-51-22-24-25(38(11-3,12-4)58-36(49)39(40,41)42)28(52-21-14-10-2)27(45-46-44)34(53-24)55-29-26(43)30(54-32(47)23-18-16-15-17-19-23)35(57-37(5,6)7)56-31(29)33(48)50-8/h15-19,24-31,34-35H,9-14,20-22H2,1-8H3/t24?,25-,26?,27+,28?,29+,30?,31-,34-,35+/m1/s1. The second kappa shape index (κ2) is 23.5.